The lowest BCUT2D eigenvalue weighted by Gasteiger charge is -2.05. The number of fused-ring (bicyclic) bond motifs is 3. The van der Waals surface area contributed by atoms with Gasteiger partial charge in [0.1, 0.15) is 21.7 Å². The van der Waals surface area contributed by atoms with Crippen LogP contribution >= 0.6 is 0 Å². The van der Waals surface area contributed by atoms with E-state index in [4.69, 9.17) is 4.42 Å². The molecule has 1 aromatic rings. The normalized spacial score (nSPS) is 11.7. The van der Waals surface area contributed by atoms with Gasteiger partial charge in [0, 0.05) is 10.9 Å². The summed E-state index contributed by atoms with van der Waals surface area (Å²) in [6, 6.07) is 10.1. The minimum atomic E-state index is -1.61. The highest BCUT2D eigenvalue weighted by Gasteiger charge is 2.23. The minimum Gasteiger partial charge on any atom is -0.420 e. The Morgan fingerprint density at radius 1 is 0.786 bits per heavy atom. The molecule has 0 unspecified atom stereocenters. The summed E-state index contributed by atoms with van der Waals surface area (Å²) in [7, 11) is -3.19. The molecule has 2 aliphatic rings. The first-order chi connectivity index (χ1) is 13.0. The lowest BCUT2D eigenvalue weighted by atomic mass is 10.0. The second-order valence-corrected chi connectivity index (χ2v) is 18.7. The van der Waals surface area contributed by atoms with Crippen molar-refractivity contribution in [3.8, 4) is 34.1 Å². The van der Waals surface area contributed by atoms with Crippen LogP contribution in [0, 0.1) is 29.9 Å². The molecule has 4 heteroatoms. The van der Waals surface area contributed by atoms with Gasteiger partial charge < -0.3 is 4.42 Å². The van der Waals surface area contributed by atoms with Gasteiger partial charge >= 0.3 is 5.63 Å². The average molecular weight is 403 g/mol. The van der Waals surface area contributed by atoms with Crippen molar-refractivity contribution in [1.82, 2.24) is 0 Å². The zero-order valence-electron chi connectivity index (χ0n) is 17.7. The first kappa shape index (κ1) is 20.2. The average Bonchev–Trinajstić information content (AvgIpc) is 2.69. The van der Waals surface area contributed by atoms with Crippen molar-refractivity contribution in [2.24, 2.45) is 0 Å². The van der Waals surface area contributed by atoms with E-state index in [1.54, 1.807) is 0 Å². The molecule has 1 aromatic heterocycles. The molecule has 0 aromatic carbocycles. The fourth-order valence-corrected chi connectivity index (χ4v) is 4.02. The van der Waals surface area contributed by atoms with E-state index >= 15 is 0 Å². The fraction of sp³-hybridized carbons (Fsp3) is 0.292. The summed E-state index contributed by atoms with van der Waals surface area (Å²) in [5, 5.41) is 0.950. The highest BCUT2D eigenvalue weighted by molar-refractivity contribution is 6.84. The summed E-state index contributed by atoms with van der Waals surface area (Å²) in [5.41, 5.74) is 11.2. The molecular formula is C24H26O2Si2. The maximum Gasteiger partial charge on any atom is 0.352 e. The summed E-state index contributed by atoms with van der Waals surface area (Å²) < 4.78 is 5.82. The van der Waals surface area contributed by atoms with Crippen molar-refractivity contribution < 1.29 is 4.42 Å². The zero-order chi connectivity index (χ0) is 20.7. The monoisotopic (exact) mass is 402 g/mol. The molecule has 0 amide bonds. The first-order valence-electron chi connectivity index (χ1n) is 9.52. The molecule has 1 heterocycles. The second-order valence-electron chi connectivity index (χ2n) is 9.21. The molecule has 0 atom stereocenters. The topological polar surface area (TPSA) is 30.2 Å². The molecule has 0 saturated carbocycles. The van der Waals surface area contributed by atoms with Crippen LogP contribution in [0.3, 0.4) is 0 Å². The first-order valence-corrected chi connectivity index (χ1v) is 16.5. The van der Waals surface area contributed by atoms with Crippen molar-refractivity contribution in [2.45, 2.75) is 46.2 Å². The van der Waals surface area contributed by atoms with Crippen LogP contribution in [0.1, 0.15) is 16.7 Å². The van der Waals surface area contributed by atoms with Gasteiger partial charge in [-0.05, 0) is 18.1 Å². The van der Waals surface area contributed by atoms with E-state index in [2.05, 4.69) is 74.3 Å². The molecule has 2 aliphatic carbocycles. The van der Waals surface area contributed by atoms with Crippen LogP contribution in [0.25, 0.3) is 22.1 Å². The molecule has 0 aliphatic heterocycles. The Hall–Kier alpha value is -2.54. The SMILES string of the molecule is Cc1c(C#C[Si](C)(C)C)c(=O)oc2c(C#C[Si](C)(C)C)c3cccccc-3c12. The van der Waals surface area contributed by atoms with E-state index < -0.39 is 16.1 Å². The predicted molar refractivity (Wildman–Crippen MR) is 124 cm³/mol. The Kier molecular flexibility index (Phi) is 5.14. The number of aryl methyl sites for hydroxylation is 1. The lowest BCUT2D eigenvalue weighted by molar-refractivity contribution is 0.558. The van der Waals surface area contributed by atoms with Crippen molar-refractivity contribution in [3.05, 3.63) is 57.4 Å². The van der Waals surface area contributed by atoms with Crippen molar-refractivity contribution in [2.75, 3.05) is 0 Å². The molecule has 0 bridgehead atoms. The van der Waals surface area contributed by atoms with Gasteiger partial charge in [0.2, 0.25) is 0 Å². The summed E-state index contributed by atoms with van der Waals surface area (Å²) in [5.74, 6) is 6.47. The van der Waals surface area contributed by atoms with E-state index in [0.29, 0.717) is 11.1 Å². The van der Waals surface area contributed by atoms with Gasteiger partial charge in [-0.1, -0.05) is 81.5 Å². The van der Waals surface area contributed by atoms with Gasteiger partial charge in [0.25, 0.3) is 0 Å². The smallest absolute Gasteiger partial charge is 0.352 e. The van der Waals surface area contributed by atoms with Crippen molar-refractivity contribution in [1.29, 1.82) is 0 Å². The van der Waals surface area contributed by atoms with Crippen LogP contribution in [-0.4, -0.2) is 16.1 Å². The fourth-order valence-electron chi connectivity index (χ4n) is 3.02. The Balaban J connectivity index is 2.44. The van der Waals surface area contributed by atoms with E-state index in [9.17, 15) is 4.79 Å². The maximum atomic E-state index is 12.8. The highest BCUT2D eigenvalue weighted by Crippen LogP contribution is 2.39. The summed E-state index contributed by atoms with van der Waals surface area (Å²) in [4.78, 5) is 12.8. The number of hydrogen-bond donors (Lipinski definition) is 0. The molecule has 0 saturated heterocycles. The van der Waals surface area contributed by atoms with Gasteiger partial charge in [0.05, 0.1) is 5.56 Å². The molecule has 28 heavy (non-hydrogen) atoms. The Labute approximate surface area is 169 Å². The minimum absolute atomic E-state index is 0.369. The summed E-state index contributed by atoms with van der Waals surface area (Å²) >= 11 is 0. The standard InChI is InChI=1S/C24H26O2Si2/c1-17-18(13-15-27(2,3)4)24(25)26-23-21(14-16-28(5,6)7)19-11-9-8-10-12-20(19)22(17)23/h8-12H,1-7H3. The second kappa shape index (κ2) is 7.13. The Morgan fingerprint density at radius 3 is 1.89 bits per heavy atom. The van der Waals surface area contributed by atoms with Crippen LogP contribution < -0.4 is 5.63 Å². The van der Waals surface area contributed by atoms with Crippen LogP contribution in [0.5, 0.6) is 0 Å². The van der Waals surface area contributed by atoms with Gasteiger partial charge in [-0.15, -0.1) is 11.1 Å². The van der Waals surface area contributed by atoms with Crippen LogP contribution in [0.4, 0.5) is 0 Å². The molecule has 0 radical (unpaired) electrons. The van der Waals surface area contributed by atoms with E-state index in [0.717, 1.165) is 27.6 Å². The third-order valence-corrected chi connectivity index (χ3v) is 6.05. The van der Waals surface area contributed by atoms with Gasteiger partial charge in [-0.25, -0.2) is 4.79 Å². The third-order valence-electron chi connectivity index (χ3n) is 4.30. The molecule has 3 rings (SSSR count). The Morgan fingerprint density at radius 2 is 1.32 bits per heavy atom. The molecule has 2 nitrogen and oxygen atoms in total. The molecule has 142 valence electrons. The van der Waals surface area contributed by atoms with Gasteiger partial charge in [-0.3, -0.25) is 0 Å². The largest absolute Gasteiger partial charge is 0.420 e. The van der Waals surface area contributed by atoms with Gasteiger partial charge in [-0.2, -0.15) is 0 Å². The highest BCUT2D eigenvalue weighted by atomic mass is 28.3. The summed E-state index contributed by atoms with van der Waals surface area (Å²) in [6.45, 7) is 15.1. The van der Waals surface area contributed by atoms with Crippen LogP contribution in [0.2, 0.25) is 39.3 Å². The predicted octanol–water partition coefficient (Wildman–Crippen LogP) is 5.66. The maximum absolute atomic E-state index is 12.8. The van der Waals surface area contributed by atoms with Gasteiger partial charge in [0.15, 0.2) is 5.58 Å². The molecule has 0 fully saturated rings. The van der Waals surface area contributed by atoms with E-state index in [1.165, 1.54) is 0 Å². The molecule has 0 spiro atoms. The quantitative estimate of drug-likeness (QED) is 0.358. The van der Waals surface area contributed by atoms with Crippen LogP contribution in [-0.2, 0) is 0 Å². The lowest BCUT2D eigenvalue weighted by Crippen LogP contribution is -2.17. The van der Waals surface area contributed by atoms with E-state index in [1.807, 2.05) is 25.1 Å². The van der Waals surface area contributed by atoms with Crippen molar-refractivity contribution in [3.63, 3.8) is 0 Å². The molecular weight excluding hydrogens is 376 g/mol. The van der Waals surface area contributed by atoms with Crippen LogP contribution in [0.15, 0.2) is 39.5 Å². The van der Waals surface area contributed by atoms with E-state index in [-0.39, 0.29) is 5.63 Å². The number of rotatable bonds is 0. The summed E-state index contributed by atoms with van der Waals surface area (Å²) in [6.07, 6.45) is 0. The number of hydrogen-bond acceptors (Lipinski definition) is 2. The van der Waals surface area contributed by atoms with Crippen molar-refractivity contribution >= 4 is 27.1 Å². The zero-order valence-corrected chi connectivity index (χ0v) is 19.7. The Bertz CT molecular complexity index is 1210. The molecule has 0 N–H and O–H groups in total. The third kappa shape index (κ3) is 4.14.